The lowest BCUT2D eigenvalue weighted by atomic mass is 10.2. The maximum atomic E-state index is 9.16. The van der Waals surface area contributed by atoms with Crippen molar-refractivity contribution >= 4 is 10.8 Å². The minimum absolute atomic E-state index is 0.139. The van der Waals surface area contributed by atoms with Crippen molar-refractivity contribution in [1.82, 2.24) is 4.98 Å². The maximum Gasteiger partial charge on any atom is 0.196 e. The minimum atomic E-state index is 0.139. The summed E-state index contributed by atoms with van der Waals surface area (Å²) in [6, 6.07) is 4.79. The van der Waals surface area contributed by atoms with Gasteiger partial charge in [0.15, 0.2) is 5.88 Å². The summed E-state index contributed by atoms with van der Waals surface area (Å²) in [5.74, 6) is 0.344. The Morgan fingerprint density at radius 1 is 1.18 bits per heavy atom. The highest BCUT2D eigenvalue weighted by Crippen LogP contribution is 2.26. The fourth-order valence-corrected chi connectivity index (χ4v) is 1.11. The zero-order valence-corrected chi connectivity index (χ0v) is 5.70. The van der Waals surface area contributed by atoms with Crippen molar-refractivity contribution in [3.63, 3.8) is 0 Å². The van der Waals surface area contributed by atoms with Gasteiger partial charge in [-0.15, -0.1) is 0 Å². The van der Waals surface area contributed by atoms with E-state index >= 15 is 0 Å². The number of aromatic hydroxyl groups is 2. The minimum Gasteiger partial charge on any atom is -0.508 e. The Morgan fingerprint density at radius 3 is 2.82 bits per heavy atom. The molecule has 1 aromatic heterocycles. The van der Waals surface area contributed by atoms with Gasteiger partial charge in [0, 0.05) is 17.0 Å². The number of hydrogen-bond acceptors (Lipinski definition) is 2. The Labute approximate surface area is 62.9 Å². The van der Waals surface area contributed by atoms with E-state index < -0.39 is 0 Å². The zero-order valence-electron chi connectivity index (χ0n) is 5.70. The van der Waals surface area contributed by atoms with Gasteiger partial charge in [0.25, 0.3) is 0 Å². The number of phenolic OH excluding ortho intramolecular Hbond substituents is 1. The molecule has 11 heavy (non-hydrogen) atoms. The topological polar surface area (TPSA) is 56.2 Å². The Hall–Kier alpha value is -1.64. The van der Waals surface area contributed by atoms with Crippen LogP contribution in [0, 0.1) is 0 Å². The van der Waals surface area contributed by atoms with Gasteiger partial charge < -0.3 is 15.2 Å². The fraction of sp³-hybridized carbons (Fsp3) is 0. The summed E-state index contributed by atoms with van der Waals surface area (Å²) < 4.78 is 0. The molecule has 3 heteroatoms. The number of rotatable bonds is 0. The van der Waals surface area contributed by atoms with Crippen LogP contribution in [0.15, 0.2) is 24.4 Å². The van der Waals surface area contributed by atoms with Gasteiger partial charge in [-0.3, -0.25) is 0 Å². The fourth-order valence-electron chi connectivity index (χ4n) is 1.11. The van der Waals surface area contributed by atoms with Crippen LogP contribution in [0.1, 0.15) is 0 Å². The van der Waals surface area contributed by atoms with Crippen LogP contribution in [-0.4, -0.2) is 15.2 Å². The van der Waals surface area contributed by atoms with Crippen molar-refractivity contribution < 1.29 is 10.2 Å². The summed E-state index contributed by atoms with van der Waals surface area (Å²) in [5, 5.41) is 19.7. The molecule has 0 spiro atoms. The summed E-state index contributed by atoms with van der Waals surface area (Å²) in [5.41, 5.74) is 0. The molecule has 1 heterocycles. The number of hydrogen-bond donors (Lipinski definition) is 3. The number of fused-ring (bicyclic) bond motifs is 1. The van der Waals surface area contributed by atoms with Gasteiger partial charge in [-0.25, -0.2) is 0 Å². The van der Waals surface area contributed by atoms with Crippen LogP contribution in [0.5, 0.6) is 11.6 Å². The molecule has 1 aromatic carbocycles. The van der Waals surface area contributed by atoms with E-state index in [0.717, 1.165) is 10.8 Å². The van der Waals surface area contributed by atoms with E-state index in [4.69, 9.17) is 10.2 Å². The average molecular weight is 149 g/mol. The summed E-state index contributed by atoms with van der Waals surface area (Å²) in [7, 11) is 0. The zero-order chi connectivity index (χ0) is 7.84. The van der Waals surface area contributed by atoms with Gasteiger partial charge in [0.2, 0.25) is 0 Å². The molecular weight excluding hydrogens is 142 g/mol. The van der Waals surface area contributed by atoms with Gasteiger partial charge in [0.1, 0.15) is 5.75 Å². The van der Waals surface area contributed by atoms with Gasteiger partial charge in [-0.2, -0.15) is 0 Å². The van der Waals surface area contributed by atoms with E-state index in [0.29, 0.717) is 0 Å². The number of aromatic amines is 1. The molecule has 0 bridgehead atoms. The second-order valence-corrected chi connectivity index (χ2v) is 2.41. The molecule has 0 aliphatic rings. The Kier molecular flexibility index (Phi) is 1.06. The number of H-pyrrole nitrogens is 1. The molecule has 0 saturated heterocycles. The van der Waals surface area contributed by atoms with Crippen molar-refractivity contribution in [1.29, 1.82) is 0 Å². The van der Waals surface area contributed by atoms with Gasteiger partial charge in [-0.1, -0.05) is 0 Å². The molecule has 2 rings (SSSR count). The lowest BCUT2D eigenvalue weighted by molar-refractivity contribution is 0.462. The number of nitrogens with one attached hydrogen (secondary N) is 1. The highest BCUT2D eigenvalue weighted by molar-refractivity contribution is 5.88. The van der Waals surface area contributed by atoms with Crippen LogP contribution < -0.4 is 0 Å². The molecule has 56 valence electrons. The monoisotopic (exact) mass is 149 g/mol. The molecule has 0 amide bonds. The predicted octanol–water partition coefficient (Wildman–Crippen LogP) is 1.58. The molecule has 0 saturated carbocycles. The van der Waals surface area contributed by atoms with E-state index in [1.165, 1.54) is 6.07 Å². The maximum absolute atomic E-state index is 9.16. The second-order valence-electron chi connectivity index (χ2n) is 2.41. The smallest absolute Gasteiger partial charge is 0.196 e. The van der Waals surface area contributed by atoms with Crippen LogP contribution in [0.2, 0.25) is 0 Å². The van der Waals surface area contributed by atoms with E-state index in [1.54, 1.807) is 18.3 Å². The molecule has 0 aliphatic carbocycles. The SMILES string of the molecule is Oc1ccc2c(O)[nH]cc2c1. The Bertz CT molecular complexity index is 392. The first-order valence-electron chi connectivity index (χ1n) is 3.26. The Morgan fingerprint density at radius 2 is 2.00 bits per heavy atom. The summed E-state index contributed by atoms with van der Waals surface area (Å²) in [6.07, 6.45) is 1.64. The van der Waals surface area contributed by atoms with Crippen molar-refractivity contribution in [3.05, 3.63) is 24.4 Å². The van der Waals surface area contributed by atoms with Crippen LogP contribution in [0.3, 0.4) is 0 Å². The highest BCUT2D eigenvalue weighted by Gasteiger charge is 2.00. The quantitative estimate of drug-likeness (QED) is 0.532. The molecule has 2 aromatic rings. The van der Waals surface area contributed by atoms with Crippen LogP contribution in [0.4, 0.5) is 0 Å². The second kappa shape index (κ2) is 1.92. The van der Waals surface area contributed by atoms with E-state index in [1.807, 2.05) is 0 Å². The normalized spacial score (nSPS) is 10.5. The summed E-state index contributed by atoms with van der Waals surface area (Å²) in [6.45, 7) is 0. The number of phenols is 1. The van der Waals surface area contributed by atoms with Crippen molar-refractivity contribution in [2.45, 2.75) is 0 Å². The van der Waals surface area contributed by atoms with Crippen LogP contribution >= 0.6 is 0 Å². The average Bonchev–Trinajstić information content (AvgIpc) is 2.32. The van der Waals surface area contributed by atoms with E-state index in [2.05, 4.69) is 4.98 Å². The van der Waals surface area contributed by atoms with Crippen LogP contribution in [0.25, 0.3) is 10.8 Å². The third-order valence-corrected chi connectivity index (χ3v) is 1.65. The first kappa shape index (κ1) is 6.09. The summed E-state index contributed by atoms with van der Waals surface area (Å²) >= 11 is 0. The number of benzene rings is 1. The number of aromatic nitrogens is 1. The standard InChI is InChI=1S/C8H7NO2/c10-6-1-2-7-5(3-6)4-9-8(7)11/h1-4,9-11H. The van der Waals surface area contributed by atoms with E-state index in [-0.39, 0.29) is 11.6 Å². The van der Waals surface area contributed by atoms with Crippen molar-refractivity contribution in [2.75, 3.05) is 0 Å². The van der Waals surface area contributed by atoms with Gasteiger partial charge >= 0.3 is 0 Å². The van der Waals surface area contributed by atoms with Crippen LogP contribution in [-0.2, 0) is 0 Å². The Balaban J connectivity index is 2.86. The van der Waals surface area contributed by atoms with Gasteiger partial charge in [-0.05, 0) is 18.2 Å². The molecule has 0 atom stereocenters. The third kappa shape index (κ3) is 0.816. The highest BCUT2D eigenvalue weighted by atomic mass is 16.3. The third-order valence-electron chi connectivity index (χ3n) is 1.65. The van der Waals surface area contributed by atoms with E-state index in [9.17, 15) is 0 Å². The molecule has 0 unspecified atom stereocenters. The summed E-state index contributed by atoms with van der Waals surface area (Å²) in [4.78, 5) is 2.65. The molecule has 0 aliphatic heterocycles. The lowest BCUT2D eigenvalue weighted by Gasteiger charge is -1.90. The van der Waals surface area contributed by atoms with Crippen molar-refractivity contribution in [2.24, 2.45) is 0 Å². The van der Waals surface area contributed by atoms with Crippen molar-refractivity contribution in [3.8, 4) is 11.6 Å². The lowest BCUT2D eigenvalue weighted by Crippen LogP contribution is -1.64. The first-order chi connectivity index (χ1) is 5.27. The molecular formula is C8H7NO2. The molecule has 3 N–H and O–H groups in total. The largest absolute Gasteiger partial charge is 0.508 e. The van der Waals surface area contributed by atoms with Gasteiger partial charge in [0.05, 0.1) is 0 Å². The molecule has 3 nitrogen and oxygen atoms in total. The predicted molar refractivity (Wildman–Crippen MR) is 41.6 cm³/mol. The molecule has 0 radical (unpaired) electrons. The molecule has 0 fully saturated rings. The first-order valence-corrected chi connectivity index (χ1v) is 3.26.